The Hall–Kier alpha value is -2.37. The van der Waals surface area contributed by atoms with Crippen molar-refractivity contribution in [3.8, 4) is 0 Å². The fourth-order valence-corrected chi connectivity index (χ4v) is 3.63. The van der Waals surface area contributed by atoms with Crippen LogP contribution in [0.1, 0.15) is 28.8 Å². The molecular formula is C22H28N2O3. The molecule has 5 heteroatoms. The summed E-state index contributed by atoms with van der Waals surface area (Å²) < 4.78 is 5.46. The summed E-state index contributed by atoms with van der Waals surface area (Å²) in [5, 5.41) is 14.5. The third kappa shape index (κ3) is 4.49. The number of carbonyl (C=O) groups is 1. The number of nitrogens with zero attached hydrogens (tertiary/aromatic N) is 1. The number of aliphatic hydroxyl groups is 1. The zero-order valence-electron chi connectivity index (χ0n) is 16.0. The highest BCUT2D eigenvalue weighted by Crippen LogP contribution is 2.35. The Morgan fingerprint density at radius 2 is 1.85 bits per heavy atom. The first-order chi connectivity index (χ1) is 13.0. The van der Waals surface area contributed by atoms with Gasteiger partial charge in [-0.15, -0.1) is 0 Å². The van der Waals surface area contributed by atoms with Gasteiger partial charge in [0.1, 0.15) is 5.60 Å². The van der Waals surface area contributed by atoms with E-state index in [-0.39, 0.29) is 18.4 Å². The topological polar surface area (TPSA) is 61.8 Å². The monoisotopic (exact) mass is 368 g/mol. The van der Waals surface area contributed by atoms with E-state index >= 15 is 0 Å². The number of hydrogen-bond donors (Lipinski definition) is 2. The summed E-state index contributed by atoms with van der Waals surface area (Å²) in [6.45, 7) is 1.45. The summed E-state index contributed by atoms with van der Waals surface area (Å²) in [6, 6.07) is 17.1. The van der Waals surface area contributed by atoms with Crippen LogP contribution >= 0.6 is 0 Å². The molecule has 0 aliphatic carbocycles. The minimum absolute atomic E-state index is 0.0436. The highest BCUT2D eigenvalue weighted by molar-refractivity contribution is 5.95. The number of ether oxygens (including phenoxy) is 1. The molecule has 3 rings (SSSR count). The maximum Gasteiger partial charge on any atom is 0.251 e. The van der Waals surface area contributed by atoms with Gasteiger partial charge in [0, 0.05) is 38.6 Å². The molecule has 0 saturated carbocycles. The van der Waals surface area contributed by atoms with Gasteiger partial charge in [-0.05, 0) is 42.5 Å². The van der Waals surface area contributed by atoms with Crippen LogP contribution in [0.25, 0.3) is 0 Å². The van der Waals surface area contributed by atoms with Crippen molar-refractivity contribution in [3.63, 3.8) is 0 Å². The summed E-state index contributed by atoms with van der Waals surface area (Å²) in [7, 11) is 3.88. The summed E-state index contributed by atoms with van der Waals surface area (Å²) >= 11 is 0. The molecule has 2 aromatic carbocycles. The normalized spacial score (nSPS) is 17.1. The Morgan fingerprint density at radius 3 is 2.52 bits per heavy atom. The second-order valence-corrected chi connectivity index (χ2v) is 7.30. The minimum Gasteiger partial charge on any atom is -0.383 e. The predicted molar refractivity (Wildman–Crippen MR) is 107 cm³/mol. The van der Waals surface area contributed by atoms with Crippen LogP contribution in [-0.2, 0) is 10.3 Å². The molecule has 5 nitrogen and oxygen atoms in total. The predicted octanol–water partition coefficient (Wildman–Crippen LogP) is 2.80. The van der Waals surface area contributed by atoms with Crippen molar-refractivity contribution in [1.82, 2.24) is 5.32 Å². The van der Waals surface area contributed by atoms with E-state index < -0.39 is 5.60 Å². The number of amides is 1. The summed E-state index contributed by atoms with van der Waals surface area (Å²) in [4.78, 5) is 14.7. The van der Waals surface area contributed by atoms with Gasteiger partial charge in [0.15, 0.2) is 0 Å². The first kappa shape index (κ1) is 19.4. The number of anilines is 1. The molecule has 1 aliphatic rings. The summed E-state index contributed by atoms with van der Waals surface area (Å²) in [6.07, 6.45) is 1.55. The highest BCUT2D eigenvalue weighted by Gasteiger charge is 2.39. The molecule has 0 aromatic heterocycles. The van der Waals surface area contributed by atoms with Gasteiger partial charge in [-0.25, -0.2) is 0 Å². The number of carbonyl (C=O) groups excluding carboxylic acids is 1. The molecule has 2 N–H and O–H groups in total. The van der Waals surface area contributed by atoms with Gasteiger partial charge >= 0.3 is 0 Å². The number of rotatable bonds is 6. The molecule has 0 spiro atoms. The Morgan fingerprint density at radius 1 is 1.15 bits per heavy atom. The fraction of sp³-hybridized carbons (Fsp3) is 0.409. The Kier molecular flexibility index (Phi) is 6.14. The molecule has 1 fully saturated rings. The van der Waals surface area contributed by atoms with Crippen molar-refractivity contribution in [2.24, 2.45) is 5.92 Å². The maximum absolute atomic E-state index is 12.7. The van der Waals surface area contributed by atoms with Gasteiger partial charge < -0.3 is 20.1 Å². The number of benzene rings is 2. The molecule has 0 bridgehead atoms. The second-order valence-electron chi connectivity index (χ2n) is 7.30. The summed E-state index contributed by atoms with van der Waals surface area (Å²) in [5.74, 6) is -0.137. The van der Waals surface area contributed by atoms with E-state index in [4.69, 9.17) is 4.74 Å². The average molecular weight is 368 g/mol. The van der Waals surface area contributed by atoms with Crippen molar-refractivity contribution in [1.29, 1.82) is 0 Å². The van der Waals surface area contributed by atoms with Gasteiger partial charge in [0.2, 0.25) is 0 Å². The van der Waals surface area contributed by atoms with Crippen molar-refractivity contribution in [3.05, 3.63) is 65.7 Å². The zero-order valence-corrected chi connectivity index (χ0v) is 16.0. The van der Waals surface area contributed by atoms with Gasteiger partial charge in [-0.2, -0.15) is 0 Å². The molecule has 144 valence electrons. The van der Waals surface area contributed by atoms with Crippen LogP contribution in [0.2, 0.25) is 0 Å². The largest absolute Gasteiger partial charge is 0.383 e. The highest BCUT2D eigenvalue weighted by atomic mass is 16.5. The van der Waals surface area contributed by atoms with E-state index in [0.29, 0.717) is 18.8 Å². The zero-order chi connectivity index (χ0) is 19.3. The molecule has 1 heterocycles. The lowest BCUT2D eigenvalue weighted by Crippen LogP contribution is -2.47. The van der Waals surface area contributed by atoms with Gasteiger partial charge in [-0.3, -0.25) is 4.79 Å². The molecule has 1 amide bonds. The van der Waals surface area contributed by atoms with E-state index in [9.17, 15) is 9.90 Å². The van der Waals surface area contributed by atoms with Crippen molar-refractivity contribution in [2.45, 2.75) is 18.4 Å². The van der Waals surface area contributed by atoms with Crippen LogP contribution in [0.5, 0.6) is 0 Å². The standard InChI is InChI=1S/C22H28N2O3/c1-24(2)20-10-6-7-17(15-20)21(25)23-16-22(26,18-8-4-3-5-9-18)19-11-13-27-14-12-19/h3-10,15,19,26H,11-14,16H2,1-2H3,(H,23,25)/t22-/m1/s1. The SMILES string of the molecule is CN(C)c1cccc(C(=O)NC[C@@](O)(c2ccccc2)C2CCOCC2)c1. The van der Waals surface area contributed by atoms with E-state index in [1.54, 1.807) is 6.07 Å². The van der Waals surface area contributed by atoms with E-state index in [2.05, 4.69) is 5.32 Å². The lowest BCUT2D eigenvalue weighted by atomic mass is 9.77. The third-order valence-corrected chi connectivity index (χ3v) is 5.31. The van der Waals surface area contributed by atoms with E-state index in [0.717, 1.165) is 24.1 Å². The number of nitrogens with one attached hydrogen (secondary N) is 1. The van der Waals surface area contributed by atoms with Crippen LogP contribution in [0.4, 0.5) is 5.69 Å². The fourth-order valence-electron chi connectivity index (χ4n) is 3.63. The van der Waals surface area contributed by atoms with Crippen molar-refractivity contribution >= 4 is 11.6 Å². The van der Waals surface area contributed by atoms with Crippen LogP contribution in [-0.4, -0.2) is 44.9 Å². The smallest absolute Gasteiger partial charge is 0.251 e. The van der Waals surface area contributed by atoms with Crippen molar-refractivity contribution in [2.75, 3.05) is 38.8 Å². The molecule has 2 aromatic rings. The molecule has 27 heavy (non-hydrogen) atoms. The van der Waals surface area contributed by atoms with Gasteiger partial charge in [0.25, 0.3) is 5.91 Å². The Bertz CT molecular complexity index is 757. The van der Waals surface area contributed by atoms with Crippen LogP contribution in [0.15, 0.2) is 54.6 Å². The van der Waals surface area contributed by atoms with Gasteiger partial charge in [-0.1, -0.05) is 36.4 Å². The van der Waals surface area contributed by atoms with Crippen molar-refractivity contribution < 1.29 is 14.6 Å². The van der Waals surface area contributed by atoms with E-state index in [1.807, 2.05) is 67.5 Å². The molecule has 1 saturated heterocycles. The quantitative estimate of drug-likeness (QED) is 0.823. The molecule has 0 radical (unpaired) electrons. The molecule has 1 atom stereocenters. The Labute approximate surface area is 161 Å². The lowest BCUT2D eigenvalue weighted by molar-refractivity contribution is -0.0680. The van der Waals surface area contributed by atoms with Crippen LogP contribution < -0.4 is 10.2 Å². The summed E-state index contributed by atoms with van der Waals surface area (Å²) in [5.41, 5.74) is 1.27. The van der Waals surface area contributed by atoms with Gasteiger partial charge in [0.05, 0.1) is 6.54 Å². The van der Waals surface area contributed by atoms with Crippen LogP contribution in [0, 0.1) is 5.92 Å². The Balaban J connectivity index is 1.78. The molecule has 0 unspecified atom stereocenters. The van der Waals surface area contributed by atoms with E-state index in [1.165, 1.54) is 0 Å². The molecule has 1 aliphatic heterocycles. The third-order valence-electron chi connectivity index (χ3n) is 5.31. The van der Waals surface area contributed by atoms with Crippen LogP contribution in [0.3, 0.4) is 0 Å². The first-order valence-corrected chi connectivity index (χ1v) is 9.42. The number of hydrogen-bond acceptors (Lipinski definition) is 4. The minimum atomic E-state index is -1.11. The first-order valence-electron chi connectivity index (χ1n) is 9.42. The molecular weight excluding hydrogens is 340 g/mol. The maximum atomic E-state index is 12.7. The lowest BCUT2D eigenvalue weighted by Gasteiger charge is -2.39. The average Bonchev–Trinajstić information content (AvgIpc) is 2.73. The second kappa shape index (κ2) is 8.55.